The number of hydrogen-bond donors (Lipinski definition) is 4. The summed E-state index contributed by atoms with van der Waals surface area (Å²) in [4.78, 5) is 20.5. The Bertz CT molecular complexity index is 1370. The molecule has 0 aliphatic heterocycles. The van der Waals surface area contributed by atoms with Crippen molar-refractivity contribution in [3.8, 4) is 11.1 Å². The number of anilines is 2. The van der Waals surface area contributed by atoms with Gasteiger partial charge in [0.2, 0.25) is 5.78 Å². The van der Waals surface area contributed by atoms with Gasteiger partial charge in [0.15, 0.2) is 5.82 Å². The van der Waals surface area contributed by atoms with Crippen molar-refractivity contribution in [2.45, 2.75) is 13.3 Å². The third-order valence-electron chi connectivity index (χ3n) is 5.16. The highest BCUT2D eigenvalue weighted by molar-refractivity contribution is 8.00. The van der Waals surface area contributed by atoms with E-state index >= 15 is 4.39 Å². The summed E-state index contributed by atoms with van der Waals surface area (Å²) in [5.41, 5.74) is 8.25. The van der Waals surface area contributed by atoms with E-state index in [1.54, 1.807) is 30.5 Å². The summed E-state index contributed by atoms with van der Waals surface area (Å²) in [5, 5.41) is 7.93. The molecule has 0 radical (unpaired) electrons. The van der Waals surface area contributed by atoms with Crippen molar-refractivity contribution in [3.63, 3.8) is 0 Å². The van der Waals surface area contributed by atoms with Gasteiger partial charge < -0.3 is 20.8 Å². The van der Waals surface area contributed by atoms with Gasteiger partial charge in [0, 0.05) is 52.1 Å². The van der Waals surface area contributed by atoms with Crippen molar-refractivity contribution < 1.29 is 13.6 Å². The number of halogens is 2. The Kier molecular flexibility index (Phi) is 6.41. The standard InChI is InChI=1S/C24H21F2N5OS/c1-2-7-33-31-20-6-4-18(25)21(22(20)26)23(32)17-12-30-24-16(17)9-15(11-29-24)13-3-5-19(28)14(8-13)10-27/h3-6,8-12,27,31H,2,7,28H2,1H3,(H,29,30). The number of hydrogen-bond acceptors (Lipinski definition) is 6. The number of carbonyl (C=O) groups excluding carboxylic acids is 1. The van der Waals surface area contributed by atoms with Crippen LogP contribution in [-0.4, -0.2) is 27.7 Å². The number of nitrogens with one attached hydrogen (secondary N) is 3. The highest BCUT2D eigenvalue weighted by atomic mass is 32.2. The van der Waals surface area contributed by atoms with E-state index in [2.05, 4.69) is 14.7 Å². The minimum Gasteiger partial charge on any atom is -0.398 e. The average molecular weight is 466 g/mol. The fourth-order valence-electron chi connectivity index (χ4n) is 3.43. The van der Waals surface area contributed by atoms with Gasteiger partial charge in [-0.15, -0.1) is 0 Å². The van der Waals surface area contributed by atoms with Crippen molar-refractivity contribution in [3.05, 3.63) is 77.1 Å². The van der Waals surface area contributed by atoms with Gasteiger partial charge in [-0.3, -0.25) is 4.79 Å². The summed E-state index contributed by atoms with van der Waals surface area (Å²) >= 11 is 1.29. The number of carbonyl (C=O) groups is 1. The molecule has 33 heavy (non-hydrogen) atoms. The molecular formula is C24H21F2N5OS. The maximum atomic E-state index is 15.1. The molecule has 2 aromatic carbocycles. The van der Waals surface area contributed by atoms with E-state index in [1.165, 1.54) is 24.2 Å². The lowest BCUT2D eigenvalue weighted by molar-refractivity contribution is 0.103. The maximum Gasteiger partial charge on any atom is 0.201 e. The van der Waals surface area contributed by atoms with Crippen LogP contribution in [0.2, 0.25) is 0 Å². The van der Waals surface area contributed by atoms with E-state index in [4.69, 9.17) is 11.1 Å². The van der Waals surface area contributed by atoms with E-state index in [1.807, 2.05) is 6.92 Å². The molecule has 0 aliphatic rings. The zero-order valence-corrected chi connectivity index (χ0v) is 18.5. The van der Waals surface area contributed by atoms with Crippen LogP contribution >= 0.6 is 11.9 Å². The summed E-state index contributed by atoms with van der Waals surface area (Å²) in [5.74, 6) is -1.91. The topological polar surface area (TPSA) is 108 Å². The Labute approximate surface area is 193 Å². The van der Waals surface area contributed by atoms with Gasteiger partial charge in [-0.05, 0) is 42.3 Å². The zero-order chi connectivity index (χ0) is 23.5. The van der Waals surface area contributed by atoms with Crippen LogP contribution < -0.4 is 10.5 Å². The number of rotatable bonds is 8. The minimum absolute atomic E-state index is 0.0536. The molecule has 0 saturated heterocycles. The van der Waals surface area contributed by atoms with Crippen LogP contribution in [0.3, 0.4) is 0 Å². The van der Waals surface area contributed by atoms with Gasteiger partial charge >= 0.3 is 0 Å². The SMILES string of the molecule is CCCSNc1ccc(F)c(C(=O)c2c[nH]c3ncc(-c4ccc(N)c(C=N)c4)cc23)c1F. The summed E-state index contributed by atoms with van der Waals surface area (Å²) in [6.45, 7) is 1.99. The number of nitrogens with two attached hydrogens (primary N) is 1. The number of nitrogen functional groups attached to an aromatic ring is 1. The first-order valence-corrected chi connectivity index (χ1v) is 11.2. The Balaban J connectivity index is 1.76. The maximum absolute atomic E-state index is 15.1. The minimum atomic E-state index is -0.934. The third kappa shape index (κ3) is 4.31. The fraction of sp³-hybridized carbons (Fsp3) is 0.125. The number of ketones is 1. The van der Waals surface area contributed by atoms with Crippen LogP contribution in [-0.2, 0) is 0 Å². The molecule has 168 valence electrons. The Hall–Kier alpha value is -3.72. The molecule has 0 amide bonds. The van der Waals surface area contributed by atoms with Gasteiger partial charge in [0.25, 0.3) is 0 Å². The Morgan fingerprint density at radius 3 is 2.82 bits per heavy atom. The first-order valence-electron chi connectivity index (χ1n) is 10.2. The van der Waals surface area contributed by atoms with E-state index in [0.29, 0.717) is 27.8 Å². The molecule has 0 bridgehead atoms. The lowest BCUT2D eigenvalue weighted by Crippen LogP contribution is -2.09. The van der Waals surface area contributed by atoms with Crippen molar-refractivity contribution in [2.75, 3.05) is 16.2 Å². The monoisotopic (exact) mass is 465 g/mol. The zero-order valence-electron chi connectivity index (χ0n) is 17.7. The van der Waals surface area contributed by atoms with Crippen molar-refractivity contribution in [1.82, 2.24) is 9.97 Å². The average Bonchev–Trinajstić information content (AvgIpc) is 3.24. The predicted octanol–water partition coefficient (Wildman–Crippen LogP) is 5.79. The van der Waals surface area contributed by atoms with E-state index in [0.717, 1.165) is 30.0 Å². The molecule has 5 N–H and O–H groups in total. The van der Waals surface area contributed by atoms with Gasteiger partial charge in [-0.25, -0.2) is 13.8 Å². The first kappa shape index (κ1) is 22.5. The van der Waals surface area contributed by atoms with Crippen LogP contribution in [0, 0.1) is 17.0 Å². The van der Waals surface area contributed by atoms with Crippen molar-refractivity contribution >= 4 is 46.4 Å². The quantitative estimate of drug-likeness (QED) is 0.0866. The van der Waals surface area contributed by atoms with Gasteiger partial charge in [0.1, 0.15) is 11.5 Å². The van der Waals surface area contributed by atoms with Crippen molar-refractivity contribution in [1.29, 1.82) is 5.41 Å². The summed E-state index contributed by atoms with van der Waals surface area (Å²) in [7, 11) is 0. The molecule has 0 atom stereocenters. The Morgan fingerprint density at radius 1 is 1.24 bits per heavy atom. The van der Waals surface area contributed by atoms with Gasteiger partial charge in [0.05, 0.1) is 11.3 Å². The molecule has 4 rings (SSSR count). The highest BCUT2D eigenvalue weighted by Gasteiger charge is 2.24. The lowest BCUT2D eigenvalue weighted by atomic mass is 9.99. The first-order chi connectivity index (χ1) is 15.9. The summed E-state index contributed by atoms with van der Waals surface area (Å²) < 4.78 is 32.5. The molecule has 0 aliphatic carbocycles. The van der Waals surface area contributed by atoms with E-state index in [9.17, 15) is 9.18 Å². The number of aromatic nitrogens is 2. The number of benzene rings is 2. The van der Waals surface area contributed by atoms with Crippen LogP contribution in [0.15, 0.2) is 48.8 Å². The highest BCUT2D eigenvalue weighted by Crippen LogP contribution is 2.30. The largest absolute Gasteiger partial charge is 0.398 e. The molecule has 0 saturated carbocycles. The second-order valence-electron chi connectivity index (χ2n) is 7.37. The molecule has 0 spiro atoms. The molecule has 2 aromatic heterocycles. The fourth-order valence-corrected chi connectivity index (χ4v) is 4.05. The number of aromatic amines is 1. The smallest absolute Gasteiger partial charge is 0.201 e. The summed E-state index contributed by atoms with van der Waals surface area (Å²) in [6.07, 6.45) is 5.05. The number of fused-ring (bicyclic) bond motifs is 1. The molecular weight excluding hydrogens is 444 g/mol. The van der Waals surface area contributed by atoms with Gasteiger partial charge in [-0.1, -0.05) is 24.9 Å². The number of H-pyrrole nitrogens is 1. The predicted molar refractivity (Wildman–Crippen MR) is 130 cm³/mol. The number of nitrogens with zero attached hydrogens (tertiary/aromatic N) is 1. The van der Waals surface area contributed by atoms with Crippen molar-refractivity contribution in [2.24, 2.45) is 0 Å². The van der Waals surface area contributed by atoms with Gasteiger partial charge in [-0.2, -0.15) is 0 Å². The Morgan fingerprint density at radius 2 is 2.06 bits per heavy atom. The molecule has 9 heteroatoms. The third-order valence-corrected chi connectivity index (χ3v) is 6.13. The lowest BCUT2D eigenvalue weighted by Gasteiger charge is -2.10. The molecule has 6 nitrogen and oxygen atoms in total. The normalized spacial score (nSPS) is 11.0. The number of pyridine rings is 1. The second-order valence-corrected chi connectivity index (χ2v) is 8.28. The van der Waals surface area contributed by atoms with Crippen LogP contribution in [0.4, 0.5) is 20.2 Å². The molecule has 4 aromatic rings. The molecule has 0 fully saturated rings. The molecule has 2 heterocycles. The van der Waals surface area contributed by atoms with Crippen LogP contribution in [0.1, 0.15) is 34.8 Å². The van der Waals surface area contributed by atoms with E-state index < -0.39 is 23.0 Å². The molecule has 0 unspecified atom stereocenters. The van der Waals surface area contributed by atoms with E-state index in [-0.39, 0.29) is 11.3 Å². The second kappa shape index (κ2) is 9.41. The summed E-state index contributed by atoms with van der Waals surface area (Å²) in [6, 6.07) is 9.28. The van der Waals surface area contributed by atoms with Crippen LogP contribution in [0.5, 0.6) is 0 Å². The van der Waals surface area contributed by atoms with Crippen LogP contribution in [0.25, 0.3) is 22.2 Å².